The maximum atomic E-state index is 11.8. The van der Waals surface area contributed by atoms with E-state index in [4.69, 9.17) is 9.47 Å². The Morgan fingerprint density at radius 1 is 1.00 bits per heavy atom. The van der Waals surface area contributed by atoms with Crippen LogP contribution in [0.15, 0.2) is 54.6 Å². The standard InChI is InChI=1S/C16H15NO4/c1-20-14-9-7-12(8-10-14)16(19)21-11-15(18)17-13-5-3-2-4-6-13/h2-10H,11H2,1H3,(H,17,18). The Bertz CT molecular complexity index is 608. The van der Waals surface area contributed by atoms with Crippen LogP contribution in [0.5, 0.6) is 5.75 Å². The predicted molar refractivity (Wildman–Crippen MR) is 78.3 cm³/mol. The SMILES string of the molecule is COc1ccc(C(=O)OCC(=O)Nc2ccccc2)cc1. The lowest BCUT2D eigenvalue weighted by molar-refractivity contribution is -0.119. The van der Waals surface area contributed by atoms with E-state index in [1.807, 2.05) is 6.07 Å². The molecule has 21 heavy (non-hydrogen) atoms. The summed E-state index contributed by atoms with van der Waals surface area (Å²) in [5.41, 5.74) is 1.02. The predicted octanol–water partition coefficient (Wildman–Crippen LogP) is 2.49. The Labute approximate surface area is 122 Å². The lowest BCUT2D eigenvalue weighted by Gasteiger charge is -2.07. The molecule has 0 aliphatic rings. The van der Waals surface area contributed by atoms with Crippen molar-refractivity contribution in [2.75, 3.05) is 19.0 Å². The van der Waals surface area contributed by atoms with Crippen molar-refractivity contribution in [3.63, 3.8) is 0 Å². The monoisotopic (exact) mass is 285 g/mol. The van der Waals surface area contributed by atoms with Crippen LogP contribution >= 0.6 is 0 Å². The molecule has 0 heterocycles. The Morgan fingerprint density at radius 2 is 1.67 bits per heavy atom. The molecule has 0 saturated heterocycles. The molecule has 0 bridgehead atoms. The molecule has 1 amide bonds. The zero-order chi connectivity index (χ0) is 15.1. The third kappa shape index (κ3) is 4.35. The van der Waals surface area contributed by atoms with Gasteiger partial charge in [-0.25, -0.2) is 4.79 Å². The number of carbonyl (C=O) groups excluding carboxylic acids is 2. The summed E-state index contributed by atoms with van der Waals surface area (Å²) in [6.07, 6.45) is 0. The molecule has 0 atom stereocenters. The van der Waals surface area contributed by atoms with Crippen LogP contribution in [0.2, 0.25) is 0 Å². The van der Waals surface area contributed by atoms with Crippen LogP contribution in [-0.2, 0) is 9.53 Å². The average Bonchev–Trinajstić information content (AvgIpc) is 2.53. The van der Waals surface area contributed by atoms with Gasteiger partial charge in [0.2, 0.25) is 0 Å². The minimum Gasteiger partial charge on any atom is -0.497 e. The number of ether oxygens (including phenoxy) is 2. The fourth-order valence-corrected chi connectivity index (χ4v) is 1.66. The van der Waals surface area contributed by atoms with E-state index in [0.717, 1.165) is 0 Å². The summed E-state index contributed by atoms with van der Waals surface area (Å²) in [7, 11) is 1.54. The van der Waals surface area contributed by atoms with Crippen LogP contribution in [0.1, 0.15) is 10.4 Å². The van der Waals surface area contributed by atoms with Crippen molar-refractivity contribution in [3.05, 3.63) is 60.2 Å². The first-order valence-electron chi connectivity index (χ1n) is 6.35. The van der Waals surface area contributed by atoms with E-state index in [-0.39, 0.29) is 12.5 Å². The zero-order valence-corrected chi connectivity index (χ0v) is 11.5. The number of carbonyl (C=O) groups is 2. The first-order valence-corrected chi connectivity index (χ1v) is 6.35. The van der Waals surface area contributed by atoms with Crippen LogP contribution in [-0.4, -0.2) is 25.6 Å². The van der Waals surface area contributed by atoms with Crippen molar-refractivity contribution in [2.45, 2.75) is 0 Å². The number of rotatable bonds is 5. The Hall–Kier alpha value is -2.82. The quantitative estimate of drug-likeness (QED) is 0.857. The number of hydrogen-bond donors (Lipinski definition) is 1. The first-order chi connectivity index (χ1) is 10.2. The second kappa shape index (κ2) is 7.09. The summed E-state index contributed by atoms with van der Waals surface area (Å²) >= 11 is 0. The van der Waals surface area contributed by atoms with Crippen LogP contribution in [0.3, 0.4) is 0 Å². The maximum Gasteiger partial charge on any atom is 0.338 e. The van der Waals surface area contributed by atoms with Crippen molar-refractivity contribution in [3.8, 4) is 5.75 Å². The van der Waals surface area contributed by atoms with Crippen molar-refractivity contribution in [2.24, 2.45) is 0 Å². The van der Waals surface area contributed by atoms with Gasteiger partial charge < -0.3 is 14.8 Å². The third-order valence-electron chi connectivity index (χ3n) is 2.72. The van der Waals surface area contributed by atoms with Gasteiger partial charge in [-0.15, -0.1) is 0 Å². The summed E-state index contributed by atoms with van der Waals surface area (Å²) < 4.78 is 9.94. The zero-order valence-electron chi connectivity index (χ0n) is 11.5. The lowest BCUT2D eigenvalue weighted by atomic mass is 10.2. The molecular weight excluding hydrogens is 270 g/mol. The van der Waals surface area contributed by atoms with E-state index in [9.17, 15) is 9.59 Å². The topological polar surface area (TPSA) is 64.6 Å². The summed E-state index contributed by atoms with van der Waals surface area (Å²) in [5, 5.41) is 2.63. The molecular formula is C16H15NO4. The van der Waals surface area contributed by atoms with E-state index in [2.05, 4.69) is 5.32 Å². The average molecular weight is 285 g/mol. The lowest BCUT2D eigenvalue weighted by Crippen LogP contribution is -2.20. The number of amides is 1. The summed E-state index contributed by atoms with van der Waals surface area (Å²) in [6, 6.07) is 15.4. The highest BCUT2D eigenvalue weighted by molar-refractivity contribution is 5.95. The van der Waals surface area contributed by atoms with Crippen molar-refractivity contribution >= 4 is 17.6 Å². The van der Waals surface area contributed by atoms with Crippen molar-refractivity contribution in [1.29, 1.82) is 0 Å². The molecule has 2 aromatic rings. The Balaban J connectivity index is 1.84. The highest BCUT2D eigenvalue weighted by Crippen LogP contribution is 2.12. The molecule has 108 valence electrons. The van der Waals surface area contributed by atoms with Gasteiger partial charge in [-0.3, -0.25) is 4.79 Å². The second-order valence-corrected chi connectivity index (χ2v) is 4.22. The molecule has 0 spiro atoms. The van der Waals surface area contributed by atoms with E-state index in [0.29, 0.717) is 17.0 Å². The van der Waals surface area contributed by atoms with Crippen LogP contribution in [0.4, 0.5) is 5.69 Å². The van der Waals surface area contributed by atoms with E-state index in [1.165, 1.54) is 0 Å². The number of benzene rings is 2. The summed E-state index contributed by atoms with van der Waals surface area (Å²) in [5.74, 6) is -0.294. The van der Waals surface area contributed by atoms with Gasteiger partial charge in [0.25, 0.3) is 5.91 Å². The van der Waals surface area contributed by atoms with Crippen molar-refractivity contribution < 1.29 is 19.1 Å². The smallest absolute Gasteiger partial charge is 0.338 e. The number of esters is 1. The molecule has 0 aliphatic heterocycles. The molecule has 5 heteroatoms. The number of methoxy groups -OCH3 is 1. The number of hydrogen-bond acceptors (Lipinski definition) is 4. The fourth-order valence-electron chi connectivity index (χ4n) is 1.66. The first kappa shape index (κ1) is 14.6. The molecule has 0 aliphatic carbocycles. The van der Waals surface area contributed by atoms with E-state index in [1.54, 1.807) is 55.6 Å². The summed E-state index contributed by atoms with van der Waals surface area (Å²) in [6.45, 7) is -0.334. The maximum absolute atomic E-state index is 11.8. The largest absolute Gasteiger partial charge is 0.497 e. The van der Waals surface area contributed by atoms with E-state index >= 15 is 0 Å². The molecule has 0 fully saturated rings. The molecule has 2 rings (SSSR count). The van der Waals surface area contributed by atoms with Gasteiger partial charge in [0.05, 0.1) is 12.7 Å². The molecule has 0 aromatic heterocycles. The van der Waals surface area contributed by atoms with Gasteiger partial charge in [-0.1, -0.05) is 18.2 Å². The van der Waals surface area contributed by atoms with E-state index < -0.39 is 5.97 Å². The number of para-hydroxylation sites is 1. The number of anilines is 1. The van der Waals surface area contributed by atoms with Gasteiger partial charge >= 0.3 is 5.97 Å². The van der Waals surface area contributed by atoms with Gasteiger partial charge in [0, 0.05) is 5.69 Å². The minimum atomic E-state index is -0.555. The van der Waals surface area contributed by atoms with Gasteiger partial charge in [0.15, 0.2) is 6.61 Å². The molecule has 2 aromatic carbocycles. The Kier molecular flexibility index (Phi) is 4.93. The second-order valence-electron chi connectivity index (χ2n) is 4.22. The third-order valence-corrected chi connectivity index (χ3v) is 2.72. The van der Waals surface area contributed by atoms with Crippen LogP contribution in [0.25, 0.3) is 0 Å². The van der Waals surface area contributed by atoms with Gasteiger partial charge in [0.1, 0.15) is 5.75 Å². The highest BCUT2D eigenvalue weighted by Gasteiger charge is 2.10. The summed E-state index contributed by atoms with van der Waals surface area (Å²) in [4.78, 5) is 23.4. The minimum absolute atomic E-state index is 0.334. The highest BCUT2D eigenvalue weighted by atomic mass is 16.5. The molecule has 0 radical (unpaired) electrons. The van der Waals surface area contributed by atoms with Gasteiger partial charge in [-0.2, -0.15) is 0 Å². The molecule has 5 nitrogen and oxygen atoms in total. The van der Waals surface area contributed by atoms with Crippen LogP contribution in [0, 0.1) is 0 Å². The normalized spacial score (nSPS) is 9.76. The fraction of sp³-hybridized carbons (Fsp3) is 0.125. The Morgan fingerprint density at radius 3 is 2.29 bits per heavy atom. The van der Waals surface area contributed by atoms with Crippen LogP contribution < -0.4 is 10.1 Å². The molecule has 0 saturated carbocycles. The van der Waals surface area contributed by atoms with Crippen molar-refractivity contribution in [1.82, 2.24) is 0 Å². The molecule has 0 unspecified atom stereocenters. The van der Waals surface area contributed by atoms with Gasteiger partial charge in [-0.05, 0) is 36.4 Å². The number of nitrogens with one attached hydrogen (secondary N) is 1. The molecule has 1 N–H and O–H groups in total.